The summed E-state index contributed by atoms with van der Waals surface area (Å²) in [6.45, 7) is 2.60. The minimum atomic E-state index is 0.378. The molecule has 5 heteroatoms. The van der Waals surface area contributed by atoms with Crippen LogP contribution in [-0.2, 0) is 6.54 Å². The van der Waals surface area contributed by atoms with Gasteiger partial charge in [0.1, 0.15) is 10.8 Å². The van der Waals surface area contributed by atoms with Crippen LogP contribution in [-0.4, -0.2) is 17.0 Å². The SMILES string of the molecule is Cc1cc(C(N)=S)cc(N(C)Cc2ccccc2Cl)n1. The first kappa shape index (κ1) is 14.8. The van der Waals surface area contributed by atoms with Crippen molar-refractivity contribution in [1.29, 1.82) is 0 Å². The largest absolute Gasteiger partial charge is 0.389 e. The van der Waals surface area contributed by atoms with Gasteiger partial charge in [0.2, 0.25) is 0 Å². The fourth-order valence-corrected chi connectivity index (χ4v) is 2.27. The van der Waals surface area contributed by atoms with Crippen molar-refractivity contribution in [2.45, 2.75) is 13.5 Å². The van der Waals surface area contributed by atoms with Crippen LogP contribution in [0.15, 0.2) is 36.4 Å². The number of hydrogen-bond donors (Lipinski definition) is 1. The smallest absolute Gasteiger partial charge is 0.129 e. The maximum absolute atomic E-state index is 6.18. The number of nitrogens with two attached hydrogens (primary N) is 1. The molecule has 0 saturated heterocycles. The van der Waals surface area contributed by atoms with Crippen LogP contribution in [0.3, 0.4) is 0 Å². The van der Waals surface area contributed by atoms with E-state index in [0.717, 1.165) is 27.7 Å². The van der Waals surface area contributed by atoms with E-state index in [-0.39, 0.29) is 0 Å². The monoisotopic (exact) mass is 305 g/mol. The number of pyridine rings is 1. The Morgan fingerprint density at radius 1 is 1.35 bits per heavy atom. The van der Waals surface area contributed by atoms with Crippen LogP contribution in [0.1, 0.15) is 16.8 Å². The van der Waals surface area contributed by atoms with E-state index in [1.165, 1.54) is 0 Å². The van der Waals surface area contributed by atoms with Gasteiger partial charge in [-0.25, -0.2) is 4.98 Å². The summed E-state index contributed by atoms with van der Waals surface area (Å²) in [5, 5.41) is 0.751. The third kappa shape index (κ3) is 3.46. The molecule has 1 aromatic carbocycles. The Labute approximate surface area is 129 Å². The molecule has 2 rings (SSSR count). The Hall–Kier alpha value is -1.65. The highest BCUT2D eigenvalue weighted by Gasteiger charge is 2.09. The Kier molecular flexibility index (Phi) is 4.57. The molecular weight excluding hydrogens is 290 g/mol. The van der Waals surface area contributed by atoms with Crippen LogP contribution >= 0.6 is 23.8 Å². The summed E-state index contributed by atoms with van der Waals surface area (Å²) in [4.78, 5) is 6.91. The molecule has 0 aliphatic heterocycles. The number of nitrogens with zero attached hydrogens (tertiary/aromatic N) is 2. The summed E-state index contributed by atoms with van der Waals surface area (Å²) in [6.07, 6.45) is 0. The van der Waals surface area contributed by atoms with Crippen molar-refractivity contribution in [2.24, 2.45) is 5.73 Å². The quantitative estimate of drug-likeness (QED) is 0.880. The molecular formula is C15H16ClN3S. The van der Waals surface area contributed by atoms with E-state index in [9.17, 15) is 0 Å². The summed E-state index contributed by atoms with van der Waals surface area (Å²) in [6, 6.07) is 11.6. The Morgan fingerprint density at radius 3 is 2.70 bits per heavy atom. The maximum atomic E-state index is 6.18. The Morgan fingerprint density at radius 2 is 2.05 bits per heavy atom. The molecule has 0 saturated carbocycles. The van der Waals surface area contributed by atoms with Gasteiger partial charge in [0.25, 0.3) is 0 Å². The van der Waals surface area contributed by atoms with Gasteiger partial charge in [-0.05, 0) is 30.7 Å². The average Bonchev–Trinajstić information content (AvgIpc) is 2.40. The van der Waals surface area contributed by atoms with Crippen molar-refractivity contribution in [3.05, 3.63) is 58.2 Å². The predicted molar refractivity (Wildman–Crippen MR) is 88.4 cm³/mol. The molecule has 20 heavy (non-hydrogen) atoms. The first-order chi connectivity index (χ1) is 9.47. The first-order valence-corrected chi connectivity index (χ1v) is 6.99. The van der Waals surface area contributed by atoms with E-state index in [0.29, 0.717) is 11.5 Å². The lowest BCUT2D eigenvalue weighted by atomic mass is 10.2. The number of thiocarbonyl (C=S) groups is 1. The second-order valence-electron chi connectivity index (χ2n) is 4.67. The molecule has 1 aromatic heterocycles. The van der Waals surface area contributed by atoms with E-state index in [1.807, 2.05) is 55.3 Å². The van der Waals surface area contributed by atoms with Crippen molar-refractivity contribution in [3.8, 4) is 0 Å². The Bertz CT molecular complexity index is 643. The number of benzene rings is 1. The van der Waals surface area contributed by atoms with Crippen LogP contribution in [0.5, 0.6) is 0 Å². The van der Waals surface area contributed by atoms with Crippen LogP contribution in [0, 0.1) is 6.92 Å². The number of anilines is 1. The van der Waals surface area contributed by atoms with Gasteiger partial charge in [-0.2, -0.15) is 0 Å². The van der Waals surface area contributed by atoms with Gasteiger partial charge in [-0.1, -0.05) is 42.0 Å². The summed E-state index contributed by atoms with van der Waals surface area (Å²) in [5.41, 5.74) is 8.46. The zero-order valence-corrected chi connectivity index (χ0v) is 13.0. The van der Waals surface area contributed by atoms with Gasteiger partial charge < -0.3 is 10.6 Å². The fraction of sp³-hybridized carbons (Fsp3) is 0.200. The number of rotatable bonds is 4. The van der Waals surface area contributed by atoms with Gasteiger partial charge in [-0.15, -0.1) is 0 Å². The fourth-order valence-electron chi connectivity index (χ4n) is 1.95. The normalized spacial score (nSPS) is 10.3. The van der Waals surface area contributed by atoms with Crippen LogP contribution in [0.4, 0.5) is 5.82 Å². The first-order valence-electron chi connectivity index (χ1n) is 6.20. The third-order valence-electron chi connectivity index (χ3n) is 2.98. The van der Waals surface area contributed by atoms with Crippen molar-refractivity contribution in [3.63, 3.8) is 0 Å². The van der Waals surface area contributed by atoms with Crippen molar-refractivity contribution in [1.82, 2.24) is 4.98 Å². The number of hydrogen-bond acceptors (Lipinski definition) is 3. The highest BCUT2D eigenvalue weighted by molar-refractivity contribution is 7.80. The van der Waals surface area contributed by atoms with Crippen LogP contribution in [0.2, 0.25) is 5.02 Å². The highest BCUT2D eigenvalue weighted by Crippen LogP contribution is 2.20. The number of halogens is 1. The van der Waals surface area contributed by atoms with Crippen LogP contribution < -0.4 is 10.6 Å². The summed E-state index contributed by atoms with van der Waals surface area (Å²) in [7, 11) is 1.97. The molecule has 0 aliphatic rings. The van der Waals surface area contributed by atoms with Crippen molar-refractivity contribution in [2.75, 3.05) is 11.9 Å². The molecule has 0 bridgehead atoms. The van der Waals surface area contributed by atoms with Gasteiger partial charge in [0.05, 0.1) is 0 Å². The van der Waals surface area contributed by atoms with Crippen LogP contribution in [0.25, 0.3) is 0 Å². The molecule has 104 valence electrons. The molecule has 3 nitrogen and oxygen atoms in total. The van der Waals surface area contributed by atoms with E-state index in [4.69, 9.17) is 29.6 Å². The minimum absolute atomic E-state index is 0.378. The zero-order valence-electron chi connectivity index (χ0n) is 11.4. The zero-order chi connectivity index (χ0) is 14.7. The molecule has 2 N–H and O–H groups in total. The second kappa shape index (κ2) is 6.20. The third-order valence-corrected chi connectivity index (χ3v) is 3.59. The molecule has 0 atom stereocenters. The molecule has 0 spiro atoms. The number of aryl methyl sites for hydroxylation is 1. The van der Waals surface area contributed by atoms with E-state index in [1.54, 1.807) is 0 Å². The lowest BCUT2D eigenvalue weighted by Crippen LogP contribution is -2.19. The van der Waals surface area contributed by atoms with E-state index >= 15 is 0 Å². The lowest BCUT2D eigenvalue weighted by molar-refractivity contribution is 0.892. The molecule has 0 radical (unpaired) electrons. The molecule has 2 aromatic rings. The molecule has 0 aliphatic carbocycles. The standard InChI is InChI=1S/C15H16ClN3S/c1-10-7-12(15(17)20)8-14(18-10)19(2)9-11-5-3-4-6-13(11)16/h3-8H,9H2,1-2H3,(H2,17,20). The van der Waals surface area contributed by atoms with Gasteiger partial charge in [-0.3, -0.25) is 0 Å². The van der Waals surface area contributed by atoms with Gasteiger partial charge in [0.15, 0.2) is 0 Å². The topological polar surface area (TPSA) is 42.1 Å². The predicted octanol–water partition coefficient (Wildman–Crippen LogP) is 3.31. The molecule has 0 fully saturated rings. The molecule has 1 heterocycles. The average molecular weight is 306 g/mol. The number of aromatic nitrogens is 1. The van der Waals surface area contributed by atoms with Crippen molar-refractivity contribution < 1.29 is 0 Å². The summed E-state index contributed by atoms with van der Waals surface area (Å²) < 4.78 is 0. The Balaban J connectivity index is 2.27. The summed E-state index contributed by atoms with van der Waals surface area (Å²) >= 11 is 11.2. The molecule has 0 amide bonds. The van der Waals surface area contributed by atoms with Gasteiger partial charge >= 0.3 is 0 Å². The lowest BCUT2D eigenvalue weighted by Gasteiger charge is -2.20. The van der Waals surface area contributed by atoms with Gasteiger partial charge in [0, 0.05) is 29.9 Å². The maximum Gasteiger partial charge on any atom is 0.129 e. The highest BCUT2D eigenvalue weighted by atomic mass is 35.5. The summed E-state index contributed by atoms with van der Waals surface area (Å²) in [5.74, 6) is 0.827. The minimum Gasteiger partial charge on any atom is -0.389 e. The van der Waals surface area contributed by atoms with E-state index < -0.39 is 0 Å². The second-order valence-corrected chi connectivity index (χ2v) is 5.51. The van der Waals surface area contributed by atoms with Crippen molar-refractivity contribution >= 4 is 34.6 Å². The molecule has 0 unspecified atom stereocenters. The van der Waals surface area contributed by atoms with E-state index in [2.05, 4.69) is 4.98 Å².